The first-order chi connectivity index (χ1) is 8.67. The first kappa shape index (κ1) is 10.8. The summed E-state index contributed by atoms with van der Waals surface area (Å²) in [7, 11) is -3.70. The van der Waals surface area contributed by atoms with E-state index in [1.54, 1.807) is 30.6 Å². The van der Waals surface area contributed by atoms with Crippen LogP contribution in [0.2, 0.25) is 0 Å². The number of hydrogen-bond donors (Lipinski definition) is 1. The van der Waals surface area contributed by atoms with Gasteiger partial charge < -0.3 is 5.32 Å². The minimum Gasteiger partial charge on any atom is -0.338 e. The molecule has 0 fully saturated rings. The van der Waals surface area contributed by atoms with Crippen molar-refractivity contribution in [3.05, 3.63) is 48.5 Å². The molecule has 7 heteroatoms. The van der Waals surface area contributed by atoms with Gasteiger partial charge in [-0.3, -0.25) is 9.97 Å². The summed E-state index contributed by atoms with van der Waals surface area (Å²) in [6.07, 6.45) is 5.96. The number of amidine groups is 1. The number of pyridine rings is 2. The van der Waals surface area contributed by atoms with Crippen molar-refractivity contribution >= 4 is 21.5 Å². The van der Waals surface area contributed by atoms with Crippen molar-refractivity contribution in [2.45, 2.75) is 4.90 Å². The zero-order chi connectivity index (χ0) is 12.6. The molecule has 90 valence electrons. The van der Waals surface area contributed by atoms with Crippen molar-refractivity contribution in [2.75, 3.05) is 5.32 Å². The highest BCUT2D eigenvalue weighted by Gasteiger charge is 2.25. The summed E-state index contributed by atoms with van der Waals surface area (Å²) in [6.45, 7) is 0. The van der Waals surface area contributed by atoms with Crippen LogP contribution in [0.3, 0.4) is 0 Å². The molecule has 0 radical (unpaired) electrons. The van der Waals surface area contributed by atoms with Gasteiger partial charge in [-0.05, 0) is 18.2 Å². The van der Waals surface area contributed by atoms with Crippen molar-refractivity contribution < 1.29 is 8.42 Å². The van der Waals surface area contributed by atoms with Crippen LogP contribution in [0.25, 0.3) is 0 Å². The van der Waals surface area contributed by atoms with Crippen LogP contribution < -0.4 is 5.32 Å². The summed E-state index contributed by atoms with van der Waals surface area (Å²) in [4.78, 5) is 7.81. The van der Waals surface area contributed by atoms with Gasteiger partial charge in [0.2, 0.25) is 0 Å². The molecule has 0 atom stereocenters. The number of aromatic nitrogens is 2. The second-order valence-corrected chi connectivity index (χ2v) is 5.23. The second kappa shape index (κ2) is 3.88. The highest BCUT2D eigenvalue weighted by molar-refractivity contribution is 7.90. The first-order valence-electron chi connectivity index (χ1n) is 5.13. The molecule has 0 saturated carbocycles. The minimum absolute atomic E-state index is 0.0811. The molecule has 2 aromatic rings. The van der Waals surface area contributed by atoms with E-state index in [1.165, 1.54) is 12.4 Å². The Labute approximate surface area is 103 Å². The molecule has 18 heavy (non-hydrogen) atoms. The van der Waals surface area contributed by atoms with E-state index in [-0.39, 0.29) is 10.7 Å². The van der Waals surface area contributed by atoms with Crippen molar-refractivity contribution in [1.82, 2.24) is 9.97 Å². The van der Waals surface area contributed by atoms with Gasteiger partial charge in [0.05, 0.1) is 5.69 Å². The van der Waals surface area contributed by atoms with Crippen molar-refractivity contribution in [1.29, 1.82) is 0 Å². The van der Waals surface area contributed by atoms with Crippen LogP contribution >= 0.6 is 0 Å². The molecule has 3 rings (SSSR count). The van der Waals surface area contributed by atoms with Gasteiger partial charge in [-0.2, -0.15) is 8.42 Å². The molecule has 1 N–H and O–H groups in total. The number of fused-ring (bicyclic) bond motifs is 1. The summed E-state index contributed by atoms with van der Waals surface area (Å²) < 4.78 is 27.7. The van der Waals surface area contributed by atoms with E-state index in [9.17, 15) is 8.42 Å². The number of sulfonamides is 1. The van der Waals surface area contributed by atoms with E-state index >= 15 is 0 Å². The van der Waals surface area contributed by atoms with E-state index in [1.807, 2.05) is 0 Å². The van der Waals surface area contributed by atoms with Gasteiger partial charge in [-0.25, -0.2) is 0 Å². The lowest BCUT2D eigenvalue weighted by Gasteiger charge is -2.17. The lowest BCUT2D eigenvalue weighted by molar-refractivity contribution is 0.597. The quantitative estimate of drug-likeness (QED) is 0.828. The summed E-state index contributed by atoms with van der Waals surface area (Å²) in [5.41, 5.74) is 1.09. The molecular weight excluding hydrogens is 252 g/mol. The number of hydrogen-bond acceptors (Lipinski definition) is 5. The maximum absolute atomic E-state index is 12.0. The van der Waals surface area contributed by atoms with Crippen LogP contribution in [0, 0.1) is 0 Å². The molecule has 0 bridgehead atoms. The molecule has 0 unspecified atom stereocenters. The number of nitrogens with one attached hydrogen (secondary N) is 1. The summed E-state index contributed by atoms with van der Waals surface area (Å²) in [5.74, 6) is 0.266. The third kappa shape index (κ3) is 1.74. The van der Waals surface area contributed by atoms with Gasteiger partial charge in [-0.15, -0.1) is 4.40 Å². The van der Waals surface area contributed by atoms with Crippen LogP contribution in [0.1, 0.15) is 5.56 Å². The fourth-order valence-corrected chi connectivity index (χ4v) is 2.72. The van der Waals surface area contributed by atoms with Crippen LogP contribution in [0.15, 0.2) is 52.3 Å². The van der Waals surface area contributed by atoms with Gasteiger partial charge in [-0.1, -0.05) is 0 Å². The highest BCUT2D eigenvalue weighted by atomic mass is 32.2. The van der Waals surface area contributed by atoms with Crippen molar-refractivity contribution in [3.8, 4) is 0 Å². The van der Waals surface area contributed by atoms with E-state index in [2.05, 4.69) is 19.7 Å². The van der Waals surface area contributed by atoms with E-state index in [4.69, 9.17) is 0 Å². The van der Waals surface area contributed by atoms with Gasteiger partial charge in [0.1, 0.15) is 4.90 Å². The Morgan fingerprint density at radius 3 is 2.67 bits per heavy atom. The Balaban J connectivity index is 2.16. The fourth-order valence-electron chi connectivity index (χ4n) is 1.64. The SMILES string of the molecule is O=S1(=O)N=C(c2cccnc2)Nc2ccncc21. The molecule has 0 aliphatic carbocycles. The second-order valence-electron chi connectivity index (χ2n) is 3.65. The Bertz CT molecular complexity index is 726. The monoisotopic (exact) mass is 260 g/mol. The van der Waals surface area contributed by atoms with Crippen LogP contribution in [0.4, 0.5) is 5.69 Å². The van der Waals surface area contributed by atoms with Crippen LogP contribution in [0.5, 0.6) is 0 Å². The number of rotatable bonds is 1. The van der Waals surface area contributed by atoms with Crippen molar-refractivity contribution in [2.24, 2.45) is 4.40 Å². The third-order valence-corrected chi connectivity index (χ3v) is 3.77. The van der Waals surface area contributed by atoms with E-state index in [0.717, 1.165) is 0 Å². The van der Waals surface area contributed by atoms with Gasteiger partial charge in [0, 0.05) is 30.4 Å². The number of anilines is 1. The largest absolute Gasteiger partial charge is 0.338 e. The third-order valence-electron chi connectivity index (χ3n) is 2.46. The van der Waals surface area contributed by atoms with Gasteiger partial charge in [0.15, 0.2) is 5.84 Å². The Hall–Kier alpha value is -2.28. The molecule has 1 aliphatic rings. The minimum atomic E-state index is -3.70. The predicted octanol–water partition coefficient (Wildman–Crippen LogP) is 1.04. The van der Waals surface area contributed by atoms with Crippen LogP contribution in [-0.4, -0.2) is 24.2 Å². The number of nitrogens with zero attached hydrogens (tertiary/aromatic N) is 3. The molecule has 0 saturated heterocycles. The summed E-state index contributed by atoms with van der Waals surface area (Å²) >= 11 is 0. The predicted molar refractivity (Wildman–Crippen MR) is 65.8 cm³/mol. The molecule has 0 aromatic carbocycles. The molecule has 6 nitrogen and oxygen atoms in total. The Morgan fingerprint density at radius 1 is 1.06 bits per heavy atom. The lowest BCUT2D eigenvalue weighted by Crippen LogP contribution is -2.22. The average Bonchev–Trinajstić information content (AvgIpc) is 2.39. The highest BCUT2D eigenvalue weighted by Crippen LogP contribution is 2.26. The van der Waals surface area contributed by atoms with Crippen molar-refractivity contribution in [3.63, 3.8) is 0 Å². The topological polar surface area (TPSA) is 84.3 Å². The fraction of sp³-hybridized carbons (Fsp3) is 0. The first-order valence-corrected chi connectivity index (χ1v) is 6.57. The maximum Gasteiger partial charge on any atom is 0.287 e. The van der Waals surface area contributed by atoms with E-state index < -0.39 is 10.0 Å². The molecule has 0 amide bonds. The Morgan fingerprint density at radius 2 is 1.89 bits per heavy atom. The van der Waals surface area contributed by atoms with Gasteiger partial charge >= 0.3 is 0 Å². The average molecular weight is 260 g/mol. The van der Waals surface area contributed by atoms with E-state index in [0.29, 0.717) is 11.3 Å². The lowest BCUT2D eigenvalue weighted by atomic mass is 10.2. The zero-order valence-electron chi connectivity index (χ0n) is 9.11. The maximum atomic E-state index is 12.0. The van der Waals surface area contributed by atoms with Gasteiger partial charge in [0.25, 0.3) is 10.0 Å². The molecule has 0 spiro atoms. The Kier molecular flexibility index (Phi) is 2.34. The summed E-state index contributed by atoms with van der Waals surface area (Å²) in [6, 6.07) is 5.05. The molecular formula is C11H8N4O2S. The molecule has 1 aliphatic heterocycles. The summed E-state index contributed by atoms with van der Waals surface area (Å²) in [5, 5.41) is 2.96. The zero-order valence-corrected chi connectivity index (χ0v) is 9.92. The molecule has 3 heterocycles. The standard InChI is InChI=1S/C11H8N4O2S/c16-18(17)10-7-13-5-3-9(10)14-11(15-18)8-2-1-4-12-6-8/h1-7H,(H,14,15). The normalized spacial score (nSPS) is 16.3. The smallest absolute Gasteiger partial charge is 0.287 e. The van der Waals surface area contributed by atoms with Crippen LogP contribution in [-0.2, 0) is 10.0 Å². The molecule has 2 aromatic heterocycles.